The summed E-state index contributed by atoms with van der Waals surface area (Å²) in [5.41, 5.74) is 3.66. The van der Waals surface area contributed by atoms with Gasteiger partial charge in [0.1, 0.15) is 0 Å². The van der Waals surface area contributed by atoms with E-state index in [9.17, 15) is 4.79 Å². The third-order valence-electron chi connectivity index (χ3n) is 5.55. The van der Waals surface area contributed by atoms with Gasteiger partial charge >= 0.3 is 0 Å². The van der Waals surface area contributed by atoms with Crippen LogP contribution in [0.15, 0.2) is 30.5 Å². The molecular formula is C21H25N5O2. The lowest BCUT2D eigenvalue weighted by Crippen LogP contribution is -2.41. The van der Waals surface area contributed by atoms with Crippen LogP contribution in [0.25, 0.3) is 0 Å². The van der Waals surface area contributed by atoms with Gasteiger partial charge in [0.15, 0.2) is 0 Å². The number of nitrogens with one attached hydrogen (secondary N) is 1. The van der Waals surface area contributed by atoms with E-state index >= 15 is 0 Å². The molecule has 0 aliphatic carbocycles. The van der Waals surface area contributed by atoms with Crippen LogP contribution in [0.4, 0.5) is 0 Å². The molecule has 0 spiro atoms. The third kappa shape index (κ3) is 4.08. The van der Waals surface area contributed by atoms with Crippen LogP contribution in [-0.4, -0.2) is 53.4 Å². The first-order valence-corrected chi connectivity index (χ1v) is 9.86. The summed E-state index contributed by atoms with van der Waals surface area (Å²) in [5.74, 6) is 0.564. The molecule has 28 heavy (non-hydrogen) atoms. The fourth-order valence-corrected chi connectivity index (χ4v) is 3.91. The Hall–Kier alpha value is -2.69. The molecule has 0 radical (unpaired) electrons. The Kier molecular flexibility index (Phi) is 5.70. The van der Waals surface area contributed by atoms with Gasteiger partial charge in [0.2, 0.25) is 0 Å². The predicted octanol–water partition coefficient (Wildman–Crippen LogP) is 1.58. The third-order valence-corrected chi connectivity index (χ3v) is 5.55. The van der Waals surface area contributed by atoms with Crippen molar-refractivity contribution in [2.75, 3.05) is 32.8 Å². The monoisotopic (exact) mass is 379 g/mol. The van der Waals surface area contributed by atoms with Gasteiger partial charge in [0.05, 0.1) is 42.3 Å². The molecule has 0 unspecified atom stereocenters. The molecule has 4 rings (SSSR count). The normalized spacial score (nSPS) is 19.1. The SMILES string of the molecule is N#Cc1ccc(CNC[C@@H]2CCn3ncc(C(=O)N4CCOCC4)c3C2)cc1. The number of morpholine rings is 1. The summed E-state index contributed by atoms with van der Waals surface area (Å²) >= 11 is 0. The summed E-state index contributed by atoms with van der Waals surface area (Å²) in [5, 5.41) is 16.8. The number of hydrogen-bond acceptors (Lipinski definition) is 5. The van der Waals surface area contributed by atoms with Crippen LogP contribution >= 0.6 is 0 Å². The number of aryl methyl sites for hydroxylation is 1. The second kappa shape index (κ2) is 8.55. The van der Waals surface area contributed by atoms with Gasteiger partial charge < -0.3 is 15.0 Å². The molecule has 2 aliphatic rings. The van der Waals surface area contributed by atoms with Gasteiger partial charge in [0, 0.05) is 26.2 Å². The van der Waals surface area contributed by atoms with Crippen molar-refractivity contribution < 1.29 is 9.53 Å². The Balaban J connectivity index is 1.34. The second-order valence-corrected chi connectivity index (χ2v) is 7.43. The van der Waals surface area contributed by atoms with Crippen molar-refractivity contribution >= 4 is 5.91 Å². The molecule has 1 fully saturated rings. The van der Waals surface area contributed by atoms with Crippen molar-refractivity contribution in [2.45, 2.75) is 25.9 Å². The minimum atomic E-state index is 0.0794. The van der Waals surface area contributed by atoms with Crippen molar-refractivity contribution in [1.29, 1.82) is 5.26 Å². The lowest BCUT2D eigenvalue weighted by molar-refractivity contribution is 0.0301. The van der Waals surface area contributed by atoms with E-state index in [1.807, 2.05) is 33.8 Å². The van der Waals surface area contributed by atoms with E-state index in [1.54, 1.807) is 6.20 Å². The molecule has 0 saturated carbocycles. The zero-order chi connectivity index (χ0) is 19.3. The summed E-state index contributed by atoms with van der Waals surface area (Å²) in [6.07, 6.45) is 3.66. The van der Waals surface area contributed by atoms with Gasteiger partial charge in [0.25, 0.3) is 5.91 Å². The molecule has 7 nitrogen and oxygen atoms in total. The zero-order valence-electron chi connectivity index (χ0n) is 15.9. The van der Waals surface area contributed by atoms with E-state index in [-0.39, 0.29) is 5.91 Å². The Morgan fingerprint density at radius 2 is 2.04 bits per heavy atom. The molecule has 1 saturated heterocycles. The fourth-order valence-electron chi connectivity index (χ4n) is 3.91. The highest BCUT2D eigenvalue weighted by Crippen LogP contribution is 2.24. The first kappa shape index (κ1) is 18.7. The molecule has 1 atom stereocenters. The number of hydrogen-bond donors (Lipinski definition) is 1. The molecule has 1 aromatic carbocycles. The van der Waals surface area contributed by atoms with Crippen LogP contribution in [0, 0.1) is 17.2 Å². The molecule has 1 N–H and O–H groups in total. The lowest BCUT2D eigenvalue weighted by atomic mass is 9.94. The minimum absolute atomic E-state index is 0.0794. The standard InChI is InChI=1S/C21H25N5O2/c22-12-16-1-3-17(4-2-16)13-23-14-18-5-6-26-20(11-18)19(15-24-26)21(27)25-7-9-28-10-8-25/h1-4,15,18,23H,5-11,13-14H2/t18-/m1/s1. The predicted molar refractivity (Wildman–Crippen MR) is 104 cm³/mol. The highest BCUT2D eigenvalue weighted by atomic mass is 16.5. The van der Waals surface area contributed by atoms with Crippen LogP contribution in [0.5, 0.6) is 0 Å². The molecule has 1 amide bonds. The number of fused-ring (bicyclic) bond motifs is 1. The number of amides is 1. The van der Waals surface area contributed by atoms with Crippen LogP contribution < -0.4 is 5.32 Å². The van der Waals surface area contributed by atoms with Crippen molar-refractivity contribution in [2.24, 2.45) is 5.92 Å². The topological polar surface area (TPSA) is 83.2 Å². The molecular weight excluding hydrogens is 354 g/mol. The maximum absolute atomic E-state index is 12.9. The smallest absolute Gasteiger partial charge is 0.257 e. The molecule has 3 heterocycles. The zero-order valence-corrected chi connectivity index (χ0v) is 15.9. The van der Waals surface area contributed by atoms with Gasteiger partial charge in [-0.15, -0.1) is 0 Å². The van der Waals surface area contributed by atoms with Gasteiger partial charge in [-0.2, -0.15) is 10.4 Å². The van der Waals surface area contributed by atoms with Crippen molar-refractivity contribution in [3.63, 3.8) is 0 Å². The van der Waals surface area contributed by atoms with Gasteiger partial charge in [-0.3, -0.25) is 9.48 Å². The summed E-state index contributed by atoms with van der Waals surface area (Å²) in [6, 6.07) is 9.81. The molecule has 7 heteroatoms. The highest BCUT2D eigenvalue weighted by Gasteiger charge is 2.28. The maximum atomic E-state index is 12.9. The summed E-state index contributed by atoms with van der Waals surface area (Å²) < 4.78 is 7.34. The number of nitriles is 1. The Morgan fingerprint density at radius 1 is 1.25 bits per heavy atom. The van der Waals surface area contributed by atoms with Crippen molar-refractivity contribution in [3.8, 4) is 6.07 Å². The van der Waals surface area contributed by atoms with E-state index in [1.165, 1.54) is 5.56 Å². The van der Waals surface area contributed by atoms with E-state index < -0.39 is 0 Å². The number of aromatic nitrogens is 2. The number of benzene rings is 1. The number of carbonyl (C=O) groups is 1. The molecule has 146 valence electrons. The van der Waals surface area contributed by atoms with E-state index in [4.69, 9.17) is 10.00 Å². The van der Waals surface area contributed by atoms with E-state index in [2.05, 4.69) is 16.5 Å². The average Bonchev–Trinajstić information content (AvgIpc) is 3.17. The van der Waals surface area contributed by atoms with Crippen LogP contribution in [-0.2, 0) is 24.2 Å². The first-order chi connectivity index (χ1) is 13.7. The van der Waals surface area contributed by atoms with E-state index in [0.717, 1.165) is 43.7 Å². The largest absolute Gasteiger partial charge is 0.378 e. The number of ether oxygens (including phenoxy) is 1. The molecule has 2 aliphatic heterocycles. The lowest BCUT2D eigenvalue weighted by Gasteiger charge is -2.28. The summed E-state index contributed by atoms with van der Waals surface area (Å²) in [6.45, 7) is 5.05. The van der Waals surface area contributed by atoms with Gasteiger partial charge in [-0.25, -0.2) is 0 Å². The molecule has 2 aromatic rings. The summed E-state index contributed by atoms with van der Waals surface area (Å²) in [4.78, 5) is 14.7. The van der Waals surface area contributed by atoms with Crippen LogP contribution in [0.3, 0.4) is 0 Å². The van der Waals surface area contributed by atoms with Gasteiger partial charge in [-0.1, -0.05) is 12.1 Å². The first-order valence-electron chi connectivity index (χ1n) is 9.86. The Morgan fingerprint density at radius 3 is 2.79 bits per heavy atom. The number of rotatable bonds is 5. The molecule has 1 aromatic heterocycles. The fraction of sp³-hybridized carbons (Fsp3) is 0.476. The van der Waals surface area contributed by atoms with Gasteiger partial charge in [-0.05, 0) is 43.0 Å². The Labute approximate surface area is 164 Å². The van der Waals surface area contributed by atoms with Crippen LogP contribution in [0.1, 0.15) is 33.6 Å². The Bertz CT molecular complexity index is 862. The minimum Gasteiger partial charge on any atom is -0.378 e. The van der Waals surface area contributed by atoms with Crippen molar-refractivity contribution in [1.82, 2.24) is 20.0 Å². The van der Waals surface area contributed by atoms with Crippen molar-refractivity contribution in [3.05, 3.63) is 52.8 Å². The number of carbonyl (C=O) groups excluding carboxylic acids is 1. The number of nitrogens with zero attached hydrogens (tertiary/aromatic N) is 4. The average molecular weight is 379 g/mol. The molecule has 0 bridgehead atoms. The highest BCUT2D eigenvalue weighted by molar-refractivity contribution is 5.95. The van der Waals surface area contributed by atoms with Crippen LogP contribution in [0.2, 0.25) is 0 Å². The maximum Gasteiger partial charge on any atom is 0.257 e. The second-order valence-electron chi connectivity index (χ2n) is 7.43. The van der Waals surface area contributed by atoms with E-state index in [0.29, 0.717) is 37.8 Å². The summed E-state index contributed by atoms with van der Waals surface area (Å²) in [7, 11) is 0. The quantitative estimate of drug-likeness (QED) is 0.853.